The van der Waals surface area contributed by atoms with E-state index in [1.54, 1.807) is 22.6 Å². The van der Waals surface area contributed by atoms with Gasteiger partial charge < -0.3 is 15.6 Å². The van der Waals surface area contributed by atoms with Crippen LogP contribution in [0.1, 0.15) is 11.3 Å². The molecule has 1 heterocycles. The summed E-state index contributed by atoms with van der Waals surface area (Å²) in [6.45, 7) is -0.586. The van der Waals surface area contributed by atoms with Crippen molar-refractivity contribution in [1.29, 1.82) is 0 Å². The molecule has 0 unspecified atom stereocenters. The van der Waals surface area contributed by atoms with Crippen LogP contribution >= 0.6 is 22.6 Å². The maximum atomic E-state index is 12.1. The van der Waals surface area contributed by atoms with E-state index in [1.807, 2.05) is 0 Å². The van der Waals surface area contributed by atoms with Crippen molar-refractivity contribution in [2.45, 2.75) is 19.5 Å². The van der Waals surface area contributed by atoms with Gasteiger partial charge in [0.1, 0.15) is 0 Å². The van der Waals surface area contributed by atoms with Crippen LogP contribution in [0.15, 0.2) is 6.20 Å². The Balaban J connectivity index is 3.21. The van der Waals surface area contributed by atoms with Gasteiger partial charge in [0, 0.05) is 18.3 Å². The fourth-order valence-corrected chi connectivity index (χ4v) is 1.75. The summed E-state index contributed by atoms with van der Waals surface area (Å²) < 4.78 is 40.3. The molecule has 0 aliphatic rings. The number of pyridine rings is 1. The van der Waals surface area contributed by atoms with Crippen LogP contribution in [0.5, 0.6) is 5.75 Å². The van der Waals surface area contributed by atoms with Crippen LogP contribution in [0.25, 0.3) is 0 Å². The minimum atomic E-state index is -4.81. The molecule has 1 aromatic rings. The van der Waals surface area contributed by atoms with E-state index in [2.05, 4.69) is 9.72 Å². The summed E-state index contributed by atoms with van der Waals surface area (Å²) in [4.78, 5) is 3.70. The van der Waals surface area contributed by atoms with Gasteiger partial charge in [0.2, 0.25) is 0 Å². The Bertz CT molecular complexity index is 384. The molecule has 90 valence electrons. The highest BCUT2D eigenvalue weighted by atomic mass is 127. The predicted molar refractivity (Wildman–Crippen MR) is 57.5 cm³/mol. The molecule has 0 bridgehead atoms. The van der Waals surface area contributed by atoms with Crippen LogP contribution in [-0.2, 0) is 13.2 Å². The second-order valence-electron chi connectivity index (χ2n) is 2.78. The number of hydrogen-bond donors (Lipinski definition) is 2. The highest BCUT2D eigenvalue weighted by molar-refractivity contribution is 14.1. The summed E-state index contributed by atoms with van der Waals surface area (Å²) in [6.07, 6.45) is -3.53. The number of nitrogens with zero attached hydrogens (tertiary/aromatic N) is 1. The van der Waals surface area contributed by atoms with Gasteiger partial charge in [-0.2, -0.15) is 0 Å². The van der Waals surface area contributed by atoms with Crippen molar-refractivity contribution in [1.82, 2.24) is 4.98 Å². The molecule has 0 aromatic carbocycles. The fourth-order valence-electron chi connectivity index (χ4n) is 1.02. The van der Waals surface area contributed by atoms with Gasteiger partial charge >= 0.3 is 6.36 Å². The normalized spacial score (nSPS) is 11.6. The van der Waals surface area contributed by atoms with Gasteiger partial charge in [-0.15, -0.1) is 13.2 Å². The second-order valence-corrected chi connectivity index (χ2v) is 3.86. The van der Waals surface area contributed by atoms with Crippen LogP contribution in [0, 0.1) is 3.57 Å². The van der Waals surface area contributed by atoms with Crippen molar-refractivity contribution >= 4 is 22.6 Å². The number of halogens is 4. The first kappa shape index (κ1) is 13.5. The predicted octanol–water partition coefficient (Wildman–Crippen LogP) is 1.54. The van der Waals surface area contributed by atoms with Crippen molar-refractivity contribution in [2.75, 3.05) is 0 Å². The maximum absolute atomic E-state index is 12.1. The van der Waals surface area contributed by atoms with Crippen molar-refractivity contribution < 1.29 is 23.0 Å². The minimum absolute atomic E-state index is 0.000995. The molecule has 0 radical (unpaired) electrons. The summed E-state index contributed by atoms with van der Waals surface area (Å²) in [5.41, 5.74) is 5.51. The molecule has 0 saturated heterocycles. The summed E-state index contributed by atoms with van der Waals surface area (Å²) in [5, 5.41) is 8.89. The van der Waals surface area contributed by atoms with E-state index < -0.39 is 18.7 Å². The molecule has 0 saturated carbocycles. The number of aromatic nitrogens is 1. The van der Waals surface area contributed by atoms with E-state index in [-0.39, 0.29) is 21.4 Å². The first-order chi connectivity index (χ1) is 7.39. The highest BCUT2D eigenvalue weighted by Gasteiger charge is 2.33. The zero-order valence-electron chi connectivity index (χ0n) is 7.88. The third-order valence-electron chi connectivity index (χ3n) is 1.70. The molecule has 0 spiro atoms. The van der Waals surface area contributed by atoms with Crippen LogP contribution in [0.4, 0.5) is 13.2 Å². The van der Waals surface area contributed by atoms with Gasteiger partial charge in [0.25, 0.3) is 0 Å². The zero-order valence-corrected chi connectivity index (χ0v) is 10.0. The standard InChI is InChI=1S/C8H8F3IN2O2/c9-8(10,11)16-7-5(1-13)14-2-4(3-15)6(7)12/h2,15H,1,3,13H2. The Kier molecular flexibility index (Phi) is 4.33. The largest absolute Gasteiger partial charge is 0.573 e. The molecule has 0 aliphatic heterocycles. The molecular formula is C8H8F3IN2O2. The minimum Gasteiger partial charge on any atom is -0.403 e. The number of hydrogen-bond acceptors (Lipinski definition) is 4. The molecular weight excluding hydrogens is 340 g/mol. The lowest BCUT2D eigenvalue weighted by Gasteiger charge is -2.15. The molecule has 0 atom stereocenters. The topological polar surface area (TPSA) is 68.4 Å². The Morgan fingerprint density at radius 2 is 2.12 bits per heavy atom. The molecule has 16 heavy (non-hydrogen) atoms. The average molecular weight is 348 g/mol. The van der Waals surface area contributed by atoms with Crippen molar-refractivity contribution in [3.8, 4) is 5.75 Å². The van der Waals surface area contributed by atoms with Crippen molar-refractivity contribution in [3.63, 3.8) is 0 Å². The lowest BCUT2D eigenvalue weighted by molar-refractivity contribution is -0.275. The van der Waals surface area contributed by atoms with Crippen LogP contribution in [0.2, 0.25) is 0 Å². The molecule has 1 aromatic heterocycles. The second kappa shape index (κ2) is 5.15. The van der Waals surface area contributed by atoms with E-state index >= 15 is 0 Å². The zero-order chi connectivity index (χ0) is 12.3. The van der Waals surface area contributed by atoms with Gasteiger partial charge in [0.05, 0.1) is 15.9 Å². The van der Waals surface area contributed by atoms with Gasteiger partial charge in [-0.05, 0) is 22.6 Å². The summed E-state index contributed by atoms with van der Waals surface area (Å²) >= 11 is 1.65. The number of alkyl halides is 3. The highest BCUT2D eigenvalue weighted by Crippen LogP contribution is 2.32. The van der Waals surface area contributed by atoms with Crippen LogP contribution < -0.4 is 10.5 Å². The van der Waals surface area contributed by atoms with E-state index in [0.29, 0.717) is 0 Å². The van der Waals surface area contributed by atoms with Crippen molar-refractivity contribution in [3.05, 3.63) is 21.0 Å². The van der Waals surface area contributed by atoms with E-state index in [9.17, 15) is 13.2 Å². The van der Waals surface area contributed by atoms with Gasteiger partial charge in [-0.3, -0.25) is 4.98 Å². The Hall–Kier alpha value is -0.610. The molecule has 0 aliphatic carbocycles. The summed E-state index contributed by atoms with van der Waals surface area (Å²) in [7, 11) is 0. The Labute approximate surface area is 103 Å². The maximum Gasteiger partial charge on any atom is 0.573 e. The fraction of sp³-hybridized carbons (Fsp3) is 0.375. The quantitative estimate of drug-likeness (QED) is 0.814. The third kappa shape index (κ3) is 3.19. The van der Waals surface area contributed by atoms with Gasteiger partial charge in [-0.1, -0.05) is 0 Å². The average Bonchev–Trinajstić information content (AvgIpc) is 2.19. The summed E-state index contributed by atoms with van der Waals surface area (Å²) in [5.74, 6) is -0.442. The van der Waals surface area contributed by atoms with Crippen LogP contribution in [-0.4, -0.2) is 16.5 Å². The number of aliphatic hydroxyl groups excluding tert-OH is 1. The van der Waals surface area contributed by atoms with Gasteiger partial charge in [-0.25, -0.2) is 0 Å². The number of ether oxygens (including phenoxy) is 1. The van der Waals surface area contributed by atoms with Crippen LogP contribution in [0.3, 0.4) is 0 Å². The Morgan fingerprint density at radius 3 is 2.56 bits per heavy atom. The molecule has 0 fully saturated rings. The monoisotopic (exact) mass is 348 g/mol. The summed E-state index contributed by atoms with van der Waals surface area (Å²) in [6, 6.07) is 0. The lowest BCUT2D eigenvalue weighted by Crippen LogP contribution is -2.20. The third-order valence-corrected chi connectivity index (χ3v) is 2.88. The first-order valence-electron chi connectivity index (χ1n) is 4.12. The van der Waals surface area contributed by atoms with E-state index in [0.717, 1.165) is 0 Å². The smallest absolute Gasteiger partial charge is 0.403 e. The SMILES string of the molecule is NCc1ncc(CO)c(I)c1OC(F)(F)F. The molecule has 4 nitrogen and oxygen atoms in total. The number of nitrogens with two attached hydrogens (primary N) is 1. The molecule has 8 heteroatoms. The molecule has 1 rings (SSSR count). The van der Waals surface area contributed by atoms with E-state index in [4.69, 9.17) is 10.8 Å². The number of rotatable bonds is 3. The van der Waals surface area contributed by atoms with E-state index in [1.165, 1.54) is 6.20 Å². The molecule has 0 amide bonds. The lowest BCUT2D eigenvalue weighted by atomic mass is 10.2. The molecule has 3 N–H and O–H groups in total. The van der Waals surface area contributed by atoms with Crippen molar-refractivity contribution in [2.24, 2.45) is 5.73 Å². The Morgan fingerprint density at radius 1 is 1.50 bits per heavy atom. The first-order valence-corrected chi connectivity index (χ1v) is 5.19. The number of aliphatic hydroxyl groups is 1. The van der Waals surface area contributed by atoms with Gasteiger partial charge in [0.15, 0.2) is 5.75 Å².